The van der Waals surface area contributed by atoms with Gasteiger partial charge in [-0.1, -0.05) is 23.7 Å². The molecule has 0 atom stereocenters. The molecule has 3 rings (SSSR count). The molecule has 0 spiro atoms. The summed E-state index contributed by atoms with van der Waals surface area (Å²) in [6, 6.07) is 9.81. The lowest BCUT2D eigenvalue weighted by Gasteiger charge is -2.10. The van der Waals surface area contributed by atoms with Gasteiger partial charge in [0, 0.05) is 16.5 Å². The predicted octanol–water partition coefficient (Wildman–Crippen LogP) is 4.43. The topological polar surface area (TPSA) is 97.8 Å². The van der Waals surface area contributed by atoms with E-state index in [1.807, 2.05) is 0 Å². The fraction of sp³-hybridized carbons (Fsp3) is 0.105. The predicted molar refractivity (Wildman–Crippen MR) is 107 cm³/mol. The van der Waals surface area contributed by atoms with Gasteiger partial charge >= 0.3 is 5.97 Å². The van der Waals surface area contributed by atoms with Crippen molar-refractivity contribution >= 4 is 40.5 Å². The Hall–Kier alpha value is -3.10. The first-order valence-electron chi connectivity index (χ1n) is 7.95. The zero-order valence-electron chi connectivity index (χ0n) is 14.9. The smallest absolute Gasteiger partial charge is 0.339 e. The van der Waals surface area contributed by atoms with Crippen molar-refractivity contribution in [3.63, 3.8) is 0 Å². The van der Waals surface area contributed by atoms with Crippen molar-refractivity contribution < 1.29 is 24.2 Å². The van der Waals surface area contributed by atoms with Crippen molar-refractivity contribution in [3.05, 3.63) is 57.9 Å². The average molecular weight is 419 g/mol. The van der Waals surface area contributed by atoms with Gasteiger partial charge in [0.25, 0.3) is 5.91 Å². The van der Waals surface area contributed by atoms with Crippen LogP contribution < -0.4 is 14.8 Å². The molecule has 0 bridgehead atoms. The first kappa shape index (κ1) is 19.7. The van der Waals surface area contributed by atoms with Crippen molar-refractivity contribution in [3.8, 4) is 22.2 Å². The molecule has 0 aliphatic carbocycles. The molecule has 1 aromatic carbocycles. The fourth-order valence-electron chi connectivity index (χ4n) is 2.53. The van der Waals surface area contributed by atoms with E-state index in [0.29, 0.717) is 21.3 Å². The summed E-state index contributed by atoms with van der Waals surface area (Å²) in [5.74, 6) is -1.33. The lowest BCUT2D eigenvalue weighted by Crippen LogP contribution is -2.15. The molecule has 3 aromatic rings. The quantitative estimate of drug-likeness (QED) is 0.614. The van der Waals surface area contributed by atoms with E-state index >= 15 is 0 Å². The van der Waals surface area contributed by atoms with Crippen LogP contribution in [0.2, 0.25) is 5.02 Å². The molecule has 0 fully saturated rings. The Morgan fingerprint density at radius 2 is 1.82 bits per heavy atom. The number of carboxylic acids is 1. The SMILES string of the molecule is COc1ccc(C(=O)Nc2csc(-c3ccc(Cl)cc3)c2C(=O)O)c(OC)n1. The summed E-state index contributed by atoms with van der Waals surface area (Å²) in [6.45, 7) is 0. The van der Waals surface area contributed by atoms with Gasteiger partial charge in [0.15, 0.2) is 0 Å². The number of anilines is 1. The molecule has 2 aromatic heterocycles. The van der Waals surface area contributed by atoms with Crippen LogP contribution in [0, 0.1) is 0 Å². The number of nitrogens with one attached hydrogen (secondary N) is 1. The molecule has 28 heavy (non-hydrogen) atoms. The minimum Gasteiger partial charge on any atom is -0.481 e. The van der Waals surface area contributed by atoms with E-state index in [-0.39, 0.29) is 22.7 Å². The summed E-state index contributed by atoms with van der Waals surface area (Å²) in [5.41, 5.74) is 1.03. The minimum atomic E-state index is -1.15. The van der Waals surface area contributed by atoms with Crippen LogP contribution in [0.3, 0.4) is 0 Å². The Morgan fingerprint density at radius 3 is 2.43 bits per heavy atom. The number of nitrogens with zero attached hydrogens (tertiary/aromatic N) is 1. The number of ether oxygens (including phenoxy) is 2. The lowest BCUT2D eigenvalue weighted by molar-refractivity contribution is 0.0699. The van der Waals surface area contributed by atoms with Crippen LogP contribution in [0.1, 0.15) is 20.7 Å². The second kappa shape index (κ2) is 8.28. The molecule has 9 heteroatoms. The number of aromatic nitrogens is 1. The maximum atomic E-state index is 12.7. The summed E-state index contributed by atoms with van der Waals surface area (Å²) in [7, 11) is 2.83. The first-order chi connectivity index (χ1) is 13.4. The van der Waals surface area contributed by atoms with Crippen molar-refractivity contribution in [1.82, 2.24) is 4.98 Å². The fourth-order valence-corrected chi connectivity index (χ4v) is 3.66. The van der Waals surface area contributed by atoms with E-state index < -0.39 is 11.9 Å². The summed E-state index contributed by atoms with van der Waals surface area (Å²) >= 11 is 7.11. The number of halogens is 1. The molecule has 0 saturated carbocycles. The highest BCUT2D eigenvalue weighted by atomic mass is 35.5. The first-order valence-corrected chi connectivity index (χ1v) is 9.21. The number of amides is 1. The van der Waals surface area contributed by atoms with E-state index in [1.165, 1.54) is 37.7 Å². The summed E-state index contributed by atoms with van der Waals surface area (Å²) in [4.78, 5) is 29.1. The summed E-state index contributed by atoms with van der Waals surface area (Å²) < 4.78 is 10.1. The number of thiophene rings is 1. The van der Waals surface area contributed by atoms with Gasteiger partial charge in [-0.2, -0.15) is 4.98 Å². The highest BCUT2D eigenvalue weighted by Gasteiger charge is 2.23. The zero-order chi connectivity index (χ0) is 20.3. The monoisotopic (exact) mass is 418 g/mol. The van der Waals surface area contributed by atoms with Crippen molar-refractivity contribution in [2.24, 2.45) is 0 Å². The molecule has 0 aliphatic heterocycles. The highest BCUT2D eigenvalue weighted by Crippen LogP contribution is 2.37. The van der Waals surface area contributed by atoms with Gasteiger partial charge in [-0.05, 0) is 23.8 Å². The third-order valence-electron chi connectivity index (χ3n) is 3.84. The number of carbonyl (C=O) groups is 2. The van der Waals surface area contributed by atoms with Crippen molar-refractivity contribution in [1.29, 1.82) is 0 Å². The van der Waals surface area contributed by atoms with Gasteiger partial charge in [-0.25, -0.2) is 4.79 Å². The van der Waals surface area contributed by atoms with Crippen LogP contribution in [0.15, 0.2) is 41.8 Å². The van der Waals surface area contributed by atoms with Crippen LogP contribution in [0.25, 0.3) is 10.4 Å². The van der Waals surface area contributed by atoms with E-state index in [9.17, 15) is 14.7 Å². The van der Waals surface area contributed by atoms with Gasteiger partial charge in [0.2, 0.25) is 11.8 Å². The lowest BCUT2D eigenvalue weighted by atomic mass is 10.1. The van der Waals surface area contributed by atoms with Crippen LogP contribution in [-0.2, 0) is 0 Å². The molecular weight excluding hydrogens is 404 g/mol. The highest BCUT2D eigenvalue weighted by molar-refractivity contribution is 7.14. The maximum Gasteiger partial charge on any atom is 0.339 e. The third-order valence-corrected chi connectivity index (χ3v) is 5.12. The maximum absolute atomic E-state index is 12.7. The third kappa shape index (κ3) is 3.92. The van der Waals surface area contributed by atoms with E-state index in [2.05, 4.69) is 10.3 Å². The zero-order valence-corrected chi connectivity index (χ0v) is 16.4. The normalized spacial score (nSPS) is 10.4. The summed E-state index contributed by atoms with van der Waals surface area (Å²) in [6.07, 6.45) is 0. The van der Waals surface area contributed by atoms with E-state index in [4.69, 9.17) is 21.1 Å². The molecule has 7 nitrogen and oxygen atoms in total. The number of carbonyl (C=O) groups excluding carboxylic acids is 1. The number of methoxy groups -OCH3 is 2. The second-order valence-electron chi connectivity index (χ2n) is 5.53. The van der Waals surface area contributed by atoms with Crippen LogP contribution in [-0.4, -0.2) is 36.2 Å². The molecular formula is C19H15ClN2O5S. The number of carboxylic acid groups (broad SMARTS) is 1. The second-order valence-corrected chi connectivity index (χ2v) is 6.85. The Kier molecular flexibility index (Phi) is 5.81. The summed E-state index contributed by atoms with van der Waals surface area (Å²) in [5, 5.41) is 14.4. The minimum absolute atomic E-state index is 0.00103. The van der Waals surface area contributed by atoms with Gasteiger partial charge < -0.3 is 19.9 Å². The van der Waals surface area contributed by atoms with Crippen molar-refractivity contribution in [2.45, 2.75) is 0 Å². The number of hydrogen-bond donors (Lipinski definition) is 2. The largest absolute Gasteiger partial charge is 0.481 e. The van der Waals surface area contributed by atoms with Crippen LogP contribution in [0.4, 0.5) is 5.69 Å². The molecule has 2 N–H and O–H groups in total. The Labute approximate surface area is 169 Å². The average Bonchev–Trinajstić information content (AvgIpc) is 3.11. The van der Waals surface area contributed by atoms with Gasteiger partial charge in [-0.3, -0.25) is 4.79 Å². The Bertz CT molecular complexity index is 1030. The molecule has 0 unspecified atom stereocenters. The molecule has 0 aliphatic rings. The standard InChI is InChI=1S/C19H15ClN2O5S/c1-26-14-8-7-12(18(22-14)27-2)17(23)21-13-9-28-16(15(13)19(24)25)10-3-5-11(20)6-4-10/h3-9H,1-2H3,(H,21,23)(H,24,25). The van der Waals surface area contributed by atoms with Gasteiger partial charge in [-0.15, -0.1) is 11.3 Å². The number of benzene rings is 1. The van der Waals surface area contributed by atoms with Gasteiger partial charge in [0.05, 0.1) is 24.8 Å². The van der Waals surface area contributed by atoms with Crippen LogP contribution in [0.5, 0.6) is 11.8 Å². The number of hydrogen-bond acceptors (Lipinski definition) is 6. The molecule has 2 heterocycles. The molecule has 144 valence electrons. The van der Waals surface area contributed by atoms with Crippen molar-refractivity contribution in [2.75, 3.05) is 19.5 Å². The van der Waals surface area contributed by atoms with Gasteiger partial charge in [0.1, 0.15) is 11.1 Å². The van der Waals surface area contributed by atoms with E-state index in [1.54, 1.807) is 29.6 Å². The Balaban J connectivity index is 1.96. The molecule has 1 amide bonds. The molecule has 0 saturated heterocycles. The Morgan fingerprint density at radius 1 is 1.11 bits per heavy atom. The van der Waals surface area contributed by atoms with Crippen LogP contribution >= 0.6 is 22.9 Å². The number of aromatic carboxylic acids is 1. The number of pyridine rings is 1. The van der Waals surface area contributed by atoms with E-state index in [0.717, 1.165) is 0 Å². The molecule has 0 radical (unpaired) electrons. The number of rotatable bonds is 6.